The molecular formula is C17H16ClF3N2OS. The lowest BCUT2D eigenvalue weighted by molar-refractivity contribution is -0.138. The van der Waals surface area contributed by atoms with E-state index in [1.807, 2.05) is 13.8 Å². The van der Waals surface area contributed by atoms with Gasteiger partial charge in [0.2, 0.25) is 0 Å². The second kappa shape index (κ2) is 8.10. The molecule has 0 aliphatic heterocycles. The fourth-order valence-electron chi connectivity index (χ4n) is 1.94. The van der Waals surface area contributed by atoms with E-state index in [9.17, 15) is 18.0 Å². The van der Waals surface area contributed by atoms with Crippen molar-refractivity contribution in [3.8, 4) is 0 Å². The van der Waals surface area contributed by atoms with Crippen LogP contribution in [0.5, 0.6) is 0 Å². The number of rotatable bonds is 5. The lowest BCUT2D eigenvalue weighted by Gasteiger charge is -2.15. The maximum atomic E-state index is 13.4. The van der Waals surface area contributed by atoms with E-state index >= 15 is 0 Å². The van der Waals surface area contributed by atoms with Crippen LogP contribution in [0.15, 0.2) is 41.6 Å². The standard InChI is InChI=1S/C17H16ClF3N2OS/c1-3-10(2)25-15-8-14(17(19,20)21)13(9-22-15)16(24)23-12-6-4-11(18)5-7-12/h4-10H,3H2,1-2H3,(H,23,24)/t10-/m1/s1. The first-order valence-corrected chi connectivity index (χ1v) is 8.77. The van der Waals surface area contributed by atoms with Crippen molar-refractivity contribution in [3.63, 3.8) is 0 Å². The van der Waals surface area contributed by atoms with E-state index in [0.717, 1.165) is 18.7 Å². The van der Waals surface area contributed by atoms with Gasteiger partial charge in [0.05, 0.1) is 16.2 Å². The molecule has 0 bridgehead atoms. The molecule has 0 spiro atoms. The van der Waals surface area contributed by atoms with Gasteiger partial charge in [-0.15, -0.1) is 11.8 Å². The molecule has 1 aromatic carbocycles. The summed E-state index contributed by atoms with van der Waals surface area (Å²) in [6.45, 7) is 3.84. The van der Waals surface area contributed by atoms with Gasteiger partial charge >= 0.3 is 6.18 Å². The number of nitrogens with one attached hydrogen (secondary N) is 1. The number of carbonyl (C=O) groups is 1. The van der Waals surface area contributed by atoms with Crippen molar-refractivity contribution < 1.29 is 18.0 Å². The largest absolute Gasteiger partial charge is 0.417 e. The van der Waals surface area contributed by atoms with Gasteiger partial charge in [-0.3, -0.25) is 4.79 Å². The summed E-state index contributed by atoms with van der Waals surface area (Å²) in [6.07, 6.45) is -2.88. The third-order valence-electron chi connectivity index (χ3n) is 3.43. The molecule has 1 heterocycles. The molecule has 0 aliphatic rings. The summed E-state index contributed by atoms with van der Waals surface area (Å²) >= 11 is 6.99. The molecular weight excluding hydrogens is 373 g/mol. The first-order chi connectivity index (χ1) is 11.7. The predicted octanol–water partition coefficient (Wildman–Crippen LogP) is 5.90. The zero-order valence-electron chi connectivity index (χ0n) is 13.5. The third kappa shape index (κ3) is 5.37. The van der Waals surface area contributed by atoms with Gasteiger partial charge in [-0.25, -0.2) is 4.98 Å². The highest BCUT2D eigenvalue weighted by Gasteiger charge is 2.36. The molecule has 8 heteroatoms. The number of benzene rings is 1. The number of anilines is 1. The molecule has 0 saturated carbocycles. The molecule has 1 atom stereocenters. The monoisotopic (exact) mass is 388 g/mol. The Morgan fingerprint density at radius 3 is 2.52 bits per heavy atom. The Hall–Kier alpha value is -1.73. The van der Waals surface area contributed by atoms with Crippen molar-refractivity contribution in [1.29, 1.82) is 0 Å². The number of nitrogens with zero attached hydrogens (tertiary/aromatic N) is 1. The van der Waals surface area contributed by atoms with Crippen LogP contribution in [0, 0.1) is 0 Å². The molecule has 25 heavy (non-hydrogen) atoms. The van der Waals surface area contributed by atoms with Gasteiger partial charge in [0, 0.05) is 22.2 Å². The first-order valence-electron chi connectivity index (χ1n) is 7.51. The van der Waals surface area contributed by atoms with Crippen LogP contribution in [0.25, 0.3) is 0 Å². The first kappa shape index (κ1) is 19.6. The van der Waals surface area contributed by atoms with Gasteiger partial charge < -0.3 is 5.32 Å². The number of thioether (sulfide) groups is 1. The number of hydrogen-bond donors (Lipinski definition) is 1. The van der Waals surface area contributed by atoms with E-state index in [1.54, 1.807) is 0 Å². The van der Waals surface area contributed by atoms with E-state index < -0.39 is 23.2 Å². The molecule has 0 radical (unpaired) electrons. The number of aromatic nitrogens is 1. The van der Waals surface area contributed by atoms with Crippen LogP contribution in [0.2, 0.25) is 5.02 Å². The van der Waals surface area contributed by atoms with Crippen molar-refractivity contribution in [2.45, 2.75) is 36.7 Å². The van der Waals surface area contributed by atoms with Gasteiger partial charge in [0.15, 0.2) is 0 Å². The summed E-state index contributed by atoms with van der Waals surface area (Å²) in [4.78, 5) is 16.3. The Kier molecular flexibility index (Phi) is 6.35. The van der Waals surface area contributed by atoms with Crippen molar-refractivity contribution in [2.24, 2.45) is 0 Å². The average molecular weight is 389 g/mol. The van der Waals surface area contributed by atoms with Gasteiger partial charge in [0.1, 0.15) is 0 Å². The Bertz CT molecular complexity index is 751. The molecule has 2 rings (SSSR count). The summed E-state index contributed by atoms with van der Waals surface area (Å²) in [5, 5.41) is 3.25. The Balaban J connectivity index is 2.32. The number of halogens is 4. The summed E-state index contributed by atoms with van der Waals surface area (Å²) in [6, 6.07) is 7.01. The highest BCUT2D eigenvalue weighted by Crippen LogP contribution is 2.35. The van der Waals surface area contributed by atoms with E-state index in [-0.39, 0.29) is 10.3 Å². The van der Waals surface area contributed by atoms with E-state index in [1.165, 1.54) is 36.0 Å². The van der Waals surface area contributed by atoms with Crippen LogP contribution in [0.3, 0.4) is 0 Å². The number of amides is 1. The normalized spacial score (nSPS) is 12.7. The molecule has 0 saturated heterocycles. The third-order valence-corrected chi connectivity index (χ3v) is 4.88. The highest BCUT2D eigenvalue weighted by molar-refractivity contribution is 7.99. The maximum absolute atomic E-state index is 13.4. The van der Waals surface area contributed by atoms with Gasteiger partial charge in [-0.1, -0.05) is 25.4 Å². The molecule has 0 unspecified atom stereocenters. The average Bonchev–Trinajstić information content (AvgIpc) is 2.56. The Labute approximate surface area is 153 Å². The second-order valence-electron chi connectivity index (χ2n) is 5.36. The second-order valence-corrected chi connectivity index (χ2v) is 7.26. The molecule has 1 N–H and O–H groups in total. The molecule has 1 amide bonds. The van der Waals surface area contributed by atoms with Crippen LogP contribution in [-0.2, 0) is 6.18 Å². The van der Waals surface area contributed by atoms with Gasteiger partial charge in [0.25, 0.3) is 5.91 Å². The number of pyridine rings is 1. The minimum atomic E-state index is -4.65. The van der Waals surface area contributed by atoms with E-state index in [4.69, 9.17) is 11.6 Å². The van der Waals surface area contributed by atoms with Crippen molar-refractivity contribution >= 4 is 35.0 Å². The molecule has 134 valence electrons. The molecule has 1 aromatic heterocycles. The smallest absolute Gasteiger partial charge is 0.322 e. The Morgan fingerprint density at radius 2 is 1.96 bits per heavy atom. The quantitative estimate of drug-likeness (QED) is 0.648. The minimum absolute atomic E-state index is 0.127. The fourth-order valence-corrected chi connectivity index (χ4v) is 2.94. The zero-order valence-corrected chi connectivity index (χ0v) is 15.1. The molecule has 2 aromatic rings. The molecule has 3 nitrogen and oxygen atoms in total. The SMILES string of the molecule is CC[C@@H](C)Sc1cc(C(F)(F)F)c(C(=O)Nc2ccc(Cl)cc2)cn1. The lowest BCUT2D eigenvalue weighted by atomic mass is 10.1. The van der Waals surface area contributed by atoms with E-state index in [2.05, 4.69) is 10.3 Å². The highest BCUT2D eigenvalue weighted by atomic mass is 35.5. The van der Waals surface area contributed by atoms with Crippen LogP contribution in [0.4, 0.5) is 18.9 Å². The van der Waals surface area contributed by atoms with Crippen LogP contribution in [0.1, 0.15) is 36.2 Å². The minimum Gasteiger partial charge on any atom is -0.322 e. The van der Waals surface area contributed by atoms with Crippen molar-refractivity contribution in [2.75, 3.05) is 5.32 Å². The Morgan fingerprint density at radius 1 is 1.32 bits per heavy atom. The van der Waals surface area contributed by atoms with Crippen LogP contribution >= 0.6 is 23.4 Å². The van der Waals surface area contributed by atoms with Crippen LogP contribution < -0.4 is 5.32 Å². The summed E-state index contributed by atoms with van der Waals surface area (Å²) < 4.78 is 40.1. The maximum Gasteiger partial charge on any atom is 0.417 e. The zero-order chi connectivity index (χ0) is 18.6. The lowest BCUT2D eigenvalue weighted by Crippen LogP contribution is -2.19. The molecule has 0 aliphatic carbocycles. The predicted molar refractivity (Wildman–Crippen MR) is 94.3 cm³/mol. The number of carbonyl (C=O) groups excluding carboxylic acids is 1. The van der Waals surface area contributed by atoms with Crippen molar-refractivity contribution in [1.82, 2.24) is 4.98 Å². The summed E-state index contributed by atoms with van der Waals surface area (Å²) in [5.74, 6) is -0.873. The van der Waals surface area contributed by atoms with Gasteiger partial charge in [-0.05, 0) is 36.8 Å². The number of hydrogen-bond acceptors (Lipinski definition) is 3. The van der Waals surface area contributed by atoms with Crippen LogP contribution in [-0.4, -0.2) is 16.1 Å². The van der Waals surface area contributed by atoms with Crippen molar-refractivity contribution in [3.05, 3.63) is 52.7 Å². The van der Waals surface area contributed by atoms with Gasteiger partial charge in [-0.2, -0.15) is 13.2 Å². The number of alkyl halides is 3. The summed E-state index contributed by atoms with van der Waals surface area (Å²) in [5.41, 5.74) is -1.17. The molecule has 0 fully saturated rings. The summed E-state index contributed by atoms with van der Waals surface area (Å²) in [7, 11) is 0. The topological polar surface area (TPSA) is 42.0 Å². The van der Waals surface area contributed by atoms with E-state index in [0.29, 0.717) is 10.7 Å². The fraction of sp³-hybridized carbons (Fsp3) is 0.294.